The number of nitrogens with one attached hydrogen (secondary N) is 1. The first-order chi connectivity index (χ1) is 16.0. The second-order valence-electron chi connectivity index (χ2n) is 9.70. The van der Waals surface area contributed by atoms with E-state index in [1.165, 1.54) is 83.5 Å². The molecule has 0 aliphatic heterocycles. The molecule has 0 heterocycles. The Balaban J connectivity index is 3.34. The summed E-state index contributed by atoms with van der Waals surface area (Å²) in [5.74, 6) is -0.646. The largest absolute Gasteiger partial charge is 0.480 e. The summed E-state index contributed by atoms with van der Waals surface area (Å²) in [5.41, 5.74) is 0. The van der Waals surface area contributed by atoms with Crippen LogP contribution in [0, 0.1) is 0 Å². The number of hydrogen-bond acceptors (Lipinski definition) is 3. The minimum atomic E-state index is -0.778. The second-order valence-corrected chi connectivity index (χ2v) is 9.70. The number of aliphatic carboxylic acids is 1. The van der Waals surface area contributed by atoms with Gasteiger partial charge in [0.05, 0.1) is 0 Å². The van der Waals surface area contributed by atoms with Crippen LogP contribution in [0.5, 0.6) is 0 Å². The molecular formula is C28H54N2O3. The molecule has 0 unspecified atom stereocenters. The van der Waals surface area contributed by atoms with Crippen LogP contribution in [0.15, 0.2) is 12.2 Å². The Labute approximate surface area is 204 Å². The van der Waals surface area contributed by atoms with Crippen molar-refractivity contribution in [1.82, 2.24) is 10.2 Å². The highest BCUT2D eigenvalue weighted by molar-refractivity contribution is 5.75. The zero-order valence-corrected chi connectivity index (χ0v) is 22.1. The van der Waals surface area contributed by atoms with E-state index in [0.29, 0.717) is 19.4 Å². The molecule has 0 rings (SSSR count). The monoisotopic (exact) mass is 466 g/mol. The Morgan fingerprint density at radius 3 is 1.79 bits per heavy atom. The van der Waals surface area contributed by atoms with E-state index in [4.69, 9.17) is 5.11 Å². The van der Waals surface area contributed by atoms with Crippen molar-refractivity contribution in [3.63, 3.8) is 0 Å². The van der Waals surface area contributed by atoms with Crippen molar-refractivity contribution in [2.75, 3.05) is 20.6 Å². The molecule has 0 radical (unpaired) electrons. The lowest BCUT2D eigenvalue weighted by atomic mass is 10.1. The Kier molecular flexibility index (Phi) is 22.8. The maximum Gasteiger partial charge on any atom is 0.320 e. The second kappa shape index (κ2) is 23.8. The number of rotatable bonds is 24. The summed E-state index contributed by atoms with van der Waals surface area (Å²) < 4.78 is 0. The number of carboxylic acid groups (broad SMARTS) is 1. The molecule has 0 saturated carbocycles. The van der Waals surface area contributed by atoms with E-state index < -0.39 is 12.0 Å². The van der Waals surface area contributed by atoms with Gasteiger partial charge in [0.25, 0.3) is 0 Å². The summed E-state index contributed by atoms with van der Waals surface area (Å²) in [6, 6.07) is -0.437. The number of amides is 1. The van der Waals surface area contributed by atoms with Gasteiger partial charge >= 0.3 is 5.97 Å². The Morgan fingerprint density at radius 1 is 0.758 bits per heavy atom. The Hall–Kier alpha value is -1.36. The fourth-order valence-electron chi connectivity index (χ4n) is 4.09. The van der Waals surface area contributed by atoms with Gasteiger partial charge in [-0.2, -0.15) is 0 Å². The number of allylic oxidation sites excluding steroid dienone is 2. The summed E-state index contributed by atoms with van der Waals surface area (Å²) in [6.07, 6.45) is 26.9. The summed E-state index contributed by atoms with van der Waals surface area (Å²) in [4.78, 5) is 24.8. The first-order valence-corrected chi connectivity index (χ1v) is 13.8. The van der Waals surface area contributed by atoms with Crippen LogP contribution >= 0.6 is 0 Å². The molecule has 0 aromatic carbocycles. The summed E-state index contributed by atoms with van der Waals surface area (Å²) in [7, 11) is 3.58. The lowest BCUT2D eigenvalue weighted by Gasteiger charge is -2.19. The Morgan fingerprint density at radius 2 is 1.27 bits per heavy atom. The third kappa shape index (κ3) is 22.2. The van der Waals surface area contributed by atoms with E-state index in [0.717, 1.165) is 25.7 Å². The van der Waals surface area contributed by atoms with Crippen LogP contribution in [0.2, 0.25) is 0 Å². The maximum atomic E-state index is 11.9. The number of carbonyl (C=O) groups is 2. The van der Waals surface area contributed by atoms with Crippen molar-refractivity contribution in [1.29, 1.82) is 0 Å². The van der Waals surface area contributed by atoms with E-state index in [1.54, 1.807) is 19.0 Å². The fraction of sp³-hybridized carbons (Fsp3) is 0.857. The van der Waals surface area contributed by atoms with Gasteiger partial charge in [0.2, 0.25) is 5.91 Å². The molecule has 2 N–H and O–H groups in total. The number of carboxylic acids is 1. The highest BCUT2D eigenvalue weighted by Crippen LogP contribution is 2.12. The number of carbonyl (C=O) groups excluding carboxylic acids is 1. The smallest absolute Gasteiger partial charge is 0.320 e. The van der Waals surface area contributed by atoms with E-state index in [9.17, 15) is 9.59 Å². The molecule has 5 heteroatoms. The van der Waals surface area contributed by atoms with Crippen LogP contribution in [0.3, 0.4) is 0 Å². The average Bonchev–Trinajstić information content (AvgIpc) is 2.77. The molecule has 194 valence electrons. The van der Waals surface area contributed by atoms with Crippen LogP contribution in [0.25, 0.3) is 0 Å². The lowest BCUT2D eigenvalue weighted by molar-refractivity contribution is -0.142. The quantitative estimate of drug-likeness (QED) is 0.117. The first-order valence-electron chi connectivity index (χ1n) is 13.8. The van der Waals surface area contributed by atoms with Crippen LogP contribution in [0.4, 0.5) is 0 Å². The standard InChI is InChI=1S/C28H54N2O3/c1-4-5-6-7-8-9-10-11-12-13-14-15-16-17-18-19-20-24-27(31)29-25-22-21-23-26(28(32)33)30(2)3/h9-10,26H,4-8,11-25H2,1-3H3,(H,29,31)(H,32,33)/b10-9+/t26-/m0/s1. The van der Waals surface area contributed by atoms with E-state index in [-0.39, 0.29) is 5.91 Å². The van der Waals surface area contributed by atoms with Gasteiger partial charge in [-0.15, -0.1) is 0 Å². The zero-order valence-electron chi connectivity index (χ0n) is 22.1. The molecule has 5 nitrogen and oxygen atoms in total. The van der Waals surface area contributed by atoms with Gasteiger partial charge in [0, 0.05) is 13.0 Å². The van der Waals surface area contributed by atoms with Crippen LogP contribution in [-0.2, 0) is 9.59 Å². The molecule has 0 aliphatic carbocycles. The molecular weight excluding hydrogens is 412 g/mol. The molecule has 33 heavy (non-hydrogen) atoms. The van der Waals surface area contributed by atoms with Crippen molar-refractivity contribution >= 4 is 11.9 Å². The summed E-state index contributed by atoms with van der Waals surface area (Å²) in [6.45, 7) is 2.91. The summed E-state index contributed by atoms with van der Waals surface area (Å²) in [5, 5.41) is 12.1. The van der Waals surface area contributed by atoms with Crippen molar-refractivity contribution in [2.45, 2.75) is 135 Å². The van der Waals surface area contributed by atoms with E-state index >= 15 is 0 Å². The third-order valence-corrected chi connectivity index (χ3v) is 6.30. The van der Waals surface area contributed by atoms with E-state index in [1.807, 2.05) is 0 Å². The number of nitrogens with zero attached hydrogens (tertiary/aromatic N) is 1. The van der Waals surface area contributed by atoms with Crippen LogP contribution in [-0.4, -0.2) is 48.6 Å². The molecule has 0 aromatic heterocycles. The minimum Gasteiger partial charge on any atom is -0.480 e. The van der Waals surface area contributed by atoms with Crippen molar-refractivity contribution in [2.24, 2.45) is 0 Å². The molecule has 0 fully saturated rings. The lowest BCUT2D eigenvalue weighted by Crippen LogP contribution is -2.35. The van der Waals surface area contributed by atoms with Gasteiger partial charge in [-0.25, -0.2) is 0 Å². The van der Waals surface area contributed by atoms with Gasteiger partial charge in [0.1, 0.15) is 6.04 Å². The number of hydrogen-bond donors (Lipinski definition) is 2. The van der Waals surface area contributed by atoms with Crippen LogP contribution in [0.1, 0.15) is 129 Å². The summed E-state index contributed by atoms with van der Waals surface area (Å²) >= 11 is 0. The van der Waals surface area contributed by atoms with Crippen molar-refractivity contribution < 1.29 is 14.7 Å². The molecule has 0 aromatic rings. The highest BCUT2D eigenvalue weighted by atomic mass is 16.4. The predicted molar refractivity (Wildman–Crippen MR) is 141 cm³/mol. The van der Waals surface area contributed by atoms with Gasteiger partial charge < -0.3 is 10.4 Å². The average molecular weight is 467 g/mol. The molecule has 0 spiro atoms. The zero-order chi connectivity index (χ0) is 24.6. The van der Waals surface area contributed by atoms with Crippen molar-refractivity contribution in [3.05, 3.63) is 12.2 Å². The van der Waals surface area contributed by atoms with Gasteiger partial charge in [-0.3, -0.25) is 14.5 Å². The molecule has 0 aliphatic rings. The predicted octanol–water partition coefficient (Wildman–Crippen LogP) is 7.11. The SMILES string of the molecule is CCCCCC/C=C/CCCCCCCCCCCC(=O)NCCCC[C@@H](C(=O)O)N(C)C. The number of likely N-dealkylation sites (N-methyl/N-ethyl adjacent to an activating group) is 1. The third-order valence-electron chi connectivity index (χ3n) is 6.30. The minimum absolute atomic E-state index is 0.132. The normalized spacial score (nSPS) is 12.5. The van der Waals surface area contributed by atoms with Gasteiger partial charge in [-0.05, 0) is 65.5 Å². The van der Waals surface area contributed by atoms with Gasteiger partial charge in [0.15, 0.2) is 0 Å². The maximum absolute atomic E-state index is 11.9. The van der Waals surface area contributed by atoms with Crippen LogP contribution < -0.4 is 5.32 Å². The fourth-order valence-corrected chi connectivity index (χ4v) is 4.09. The Bertz CT molecular complexity index is 492. The topological polar surface area (TPSA) is 69.6 Å². The molecule has 0 saturated heterocycles. The molecule has 0 bridgehead atoms. The van der Waals surface area contributed by atoms with Crippen molar-refractivity contribution in [3.8, 4) is 0 Å². The first kappa shape index (κ1) is 31.6. The molecule has 1 amide bonds. The number of unbranched alkanes of at least 4 members (excludes halogenated alkanes) is 14. The van der Waals surface area contributed by atoms with Gasteiger partial charge in [-0.1, -0.05) is 83.3 Å². The molecule has 1 atom stereocenters. The highest BCUT2D eigenvalue weighted by Gasteiger charge is 2.18. The van der Waals surface area contributed by atoms with E-state index in [2.05, 4.69) is 24.4 Å².